The van der Waals surface area contributed by atoms with Gasteiger partial charge in [-0.2, -0.15) is 16.9 Å². The molecule has 1 aromatic heterocycles. The highest BCUT2D eigenvalue weighted by molar-refractivity contribution is 7.99. The van der Waals surface area contributed by atoms with Crippen molar-refractivity contribution < 1.29 is 5.11 Å². The van der Waals surface area contributed by atoms with Gasteiger partial charge in [-0.3, -0.25) is 5.10 Å². The largest absolute Gasteiger partial charge is 0.395 e. The number of aryl methyl sites for hydroxylation is 2. The second kappa shape index (κ2) is 6.27. The standard InChI is InChI=1S/C11H21N3OS/c1-7-10(8(2)14-13-7)5-12-9(3)11(6-15)16-4/h9,11-12,15H,5-6H2,1-4H3,(H,13,14). The van der Waals surface area contributed by atoms with E-state index in [2.05, 4.69) is 22.4 Å². The van der Waals surface area contributed by atoms with Crippen LogP contribution in [0, 0.1) is 13.8 Å². The lowest BCUT2D eigenvalue weighted by atomic mass is 10.1. The fourth-order valence-corrected chi connectivity index (χ4v) is 2.32. The Morgan fingerprint density at radius 3 is 2.62 bits per heavy atom. The maximum absolute atomic E-state index is 9.18. The van der Waals surface area contributed by atoms with E-state index in [1.54, 1.807) is 11.8 Å². The minimum absolute atomic E-state index is 0.207. The van der Waals surface area contributed by atoms with Crippen LogP contribution in [0.5, 0.6) is 0 Å². The molecule has 0 aliphatic carbocycles. The summed E-state index contributed by atoms with van der Waals surface area (Å²) in [6.45, 7) is 7.14. The monoisotopic (exact) mass is 243 g/mol. The molecule has 2 atom stereocenters. The van der Waals surface area contributed by atoms with Crippen LogP contribution in [-0.2, 0) is 6.54 Å². The van der Waals surface area contributed by atoms with E-state index in [0.29, 0.717) is 0 Å². The van der Waals surface area contributed by atoms with Gasteiger partial charge in [0, 0.05) is 29.1 Å². The zero-order chi connectivity index (χ0) is 12.1. The molecule has 0 saturated heterocycles. The normalized spacial score (nSPS) is 15.1. The predicted molar refractivity (Wildman–Crippen MR) is 68.8 cm³/mol. The first-order valence-electron chi connectivity index (χ1n) is 5.47. The second-order valence-corrected chi connectivity index (χ2v) is 5.12. The lowest BCUT2D eigenvalue weighted by molar-refractivity contribution is 0.276. The number of rotatable bonds is 6. The Morgan fingerprint density at radius 1 is 1.50 bits per heavy atom. The van der Waals surface area contributed by atoms with Gasteiger partial charge in [-0.1, -0.05) is 0 Å². The van der Waals surface area contributed by atoms with Crippen LogP contribution in [0.3, 0.4) is 0 Å². The number of nitrogens with one attached hydrogen (secondary N) is 2. The van der Waals surface area contributed by atoms with Gasteiger partial charge in [-0.25, -0.2) is 0 Å². The first-order chi connectivity index (χ1) is 7.60. The molecule has 0 aliphatic heterocycles. The summed E-state index contributed by atoms with van der Waals surface area (Å²) >= 11 is 1.69. The van der Waals surface area contributed by atoms with Gasteiger partial charge in [0.2, 0.25) is 0 Å². The van der Waals surface area contributed by atoms with Gasteiger partial charge in [-0.05, 0) is 27.0 Å². The molecule has 0 aromatic carbocycles. The van der Waals surface area contributed by atoms with Gasteiger partial charge in [0.05, 0.1) is 12.3 Å². The topological polar surface area (TPSA) is 60.9 Å². The first kappa shape index (κ1) is 13.5. The van der Waals surface area contributed by atoms with Gasteiger partial charge in [-0.15, -0.1) is 0 Å². The number of aromatic nitrogens is 2. The quantitative estimate of drug-likeness (QED) is 0.703. The van der Waals surface area contributed by atoms with Crippen molar-refractivity contribution in [3.05, 3.63) is 17.0 Å². The summed E-state index contributed by atoms with van der Waals surface area (Å²) in [6.07, 6.45) is 2.02. The first-order valence-corrected chi connectivity index (χ1v) is 6.76. The molecule has 16 heavy (non-hydrogen) atoms. The number of aliphatic hydroxyl groups excluding tert-OH is 1. The maximum Gasteiger partial charge on any atom is 0.0638 e. The summed E-state index contributed by atoms with van der Waals surface area (Å²) in [5.74, 6) is 0. The molecule has 3 N–H and O–H groups in total. The molecule has 92 valence electrons. The fraction of sp³-hybridized carbons (Fsp3) is 0.727. The molecule has 1 aromatic rings. The lowest BCUT2D eigenvalue weighted by Gasteiger charge is -2.21. The number of hydrogen-bond donors (Lipinski definition) is 3. The molecule has 1 rings (SSSR count). The van der Waals surface area contributed by atoms with Crippen molar-refractivity contribution in [3.63, 3.8) is 0 Å². The Morgan fingerprint density at radius 2 is 2.19 bits per heavy atom. The summed E-state index contributed by atoms with van der Waals surface area (Å²) in [6, 6.07) is 0.286. The fourth-order valence-electron chi connectivity index (χ4n) is 1.67. The SMILES string of the molecule is CSC(CO)C(C)NCc1c(C)n[nH]c1C. The van der Waals surface area contributed by atoms with Crippen molar-refractivity contribution in [3.8, 4) is 0 Å². The summed E-state index contributed by atoms with van der Waals surface area (Å²) in [5.41, 5.74) is 3.38. The molecule has 0 fully saturated rings. The molecule has 0 aliphatic rings. The molecule has 0 spiro atoms. The van der Waals surface area contributed by atoms with Gasteiger partial charge >= 0.3 is 0 Å². The van der Waals surface area contributed by atoms with Crippen LogP contribution in [0.25, 0.3) is 0 Å². The number of aliphatic hydroxyl groups is 1. The van der Waals surface area contributed by atoms with E-state index in [1.807, 2.05) is 20.1 Å². The highest BCUT2D eigenvalue weighted by atomic mass is 32.2. The van der Waals surface area contributed by atoms with E-state index in [0.717, 1.165) is 17.9 Å². The van der Waals surface area contributed by atoms with E-state index in [-0.39, 0.29) is 17.9 Å². The van der Waals surface area contributed by atoms with E-state index < -0.39 is 0 Å². The zero-order valence-corrected chi connectivity index (χ0v) is 11.2. The minimum Gasteiger partial charge on any atom is -0.395 e. The summed E-state index contributed by atoms with van der Waals surface area (Å²) in [4.78, 5) is 0. The second-order valence-electron chi connectivity index (χ2n) is 4.04. The number of hydrogen-bond acceptors (Lipinski definition) is 4. The molecule has 0 saturated carbocycles. The van der Waals surface area contributed by atoms with Crippen LogP contribution < -0.4 is 5.32 Å². The van der Waals surface area contributed by atoms with Gasteiger partial charge < -0.3 is 10.4 Å². The molecule has 0 amide bonds. The average Bonchev–Trinajstić information content (AvgIpc) is 2.58. The van der Waals surface area contributed by atoms with Crippen molar-refractivity contribution in [2.45, 2.75) is 38.6 Å². The Hall–Kier alpha value is -0.520. The molecule has 0 radical (unpaired) electrons. The number of thioether (sulfide) groups is 1. The van der Waals surface area contributed by atoms with Crippen LogP contribution in [0.2, 0.25) is 0 Å². The lowest BCUT2D eigenvalue weighted by Crippen LogP contribution is -2.37. The molecular weight excluding hydrogens is 222 g/mol. The van der Waals surface area contributed by atoms with Crippen LogP contribution in [0.15, 0.2) is 0 Å². The van der Waals surface area contributed by atoms with Crippen molar-refractivity contribution in [2.75, 3.05) is 12.9 Å². The van der Waals surface area contributed by atoms with Crippen molar-refractivity contribution in [2.24, 2.45) is 0 Å². The van der Waals surface area contributed by atoms with E-state index >= 15 is 0 Å². The molecule has 4 nitrogen and oxygen atoms in total. The van der Waals surface area contributed by atoms with Crippen molar-refractivity contribution in [1.82, 2.24) is 15.5 Å². The Labute approximate surface area is 101 Å². The third kappa shape index (κ3) is 3.23. The van der Waals surface area contributed by atoms with Gasteiger partial charge in [0.15, 0.2) is 0 Å². The van der Waals surface area contributed by atoms with Gasteiger partial charge in [0.1, 0.15) is 0 Å². The summed E-state index contributed by atoms with van der Waals surface area (Å²) in [7, 11) is 0. The van der Waals surface area contributed by atoms with Gasteiger partial charge in [0.25, 0.3) is 0 Å². The molecular formula is C11H21N3OS. The summed E-state index contributed by atoms with van der Waals surface area (Å²) < 4.78 is 0. The summed E-state index contributed by atoms with van der Waals surface area (Å²) in [5, 5.41) is 20.0. The van der Waals surface area contributed by atoms with Crippen molar-refractivity contribution >= 4 is 11.8 Å². The Balaban J connectivity index is 2.51. The van der Waals surface area contributed by atoms with E-state index in [9.17, 15) is 5.11 Å². The van der Waals surface area contributed by atoms with E-state index in [1.165, 1.54) is 5.56 Å². The average molecular weight is 243 g/mol. The van der Waals surface area contributed by atoms with Crippen LogP contribution in [0.1, 0.15) is 23.9 Å². The highest BCUT2D eigenvalue weighted by Gasteiger charge is 2.15. The highest BCUT2D eigenvalue weighted by Crippen LogP contribution is 2.13. The zero-order valence-electron chi connectivity index (χ0n) is 10.4. The van der Waals surface area contributed by atoms with Crippen LogP contribution in [0.4, 0.5) is 0 Å². The molecule has 1 heterocycles. The third-order valence-electron chi connectivity index (χ3n) is 2.92. The van der Waals surface area contributed by atoms with E-state index in [4.69, 9.17) is 0 Å². The van der Waals surface area contributed by atoms with Crippen LogP contribution >= 0.6 is 11.8 Å². The molecule has 2 unspecified atom stereocenters. The van der Waals surface area contributed by atoms with Crippen LogP contribution in [-0.4, -0.2) is 39.5 Å². The Kier molecular flexibility index (Phi) is 5.31. The maximum atomic E-state index is 9.18. The number of H-pyrrole nitrogens is 1. The Bertz CT molecular complexity index is 304. The minimum atomic E-state index is 0.207. The number of aromatic amines is 1. The molecule has 0 bridgehead atoms. The van der Waals surface area contributed by atoms with Crippen molar-refractivity contribution in [1.29, 1.82) is 0 Å². The smallest absolute Gasteiger partial charge is 0.0638 e. The molecule has 5 heteroatoms. The number of nitrogens with zero attached hydrogens (tertiary/aromatic N) is 1. The predicted octanol–water partition coefficient (Wildman–Crippen LogP) is 1.23. The third-order valence-corrected chi connectivity index (χ3v) is 4.08.